The maximum Gasteiger partial charge on any atom is 0.306 e. The number of nitrogens with one attached hydrogen (secondary N) is 1. The number of carbonyl (C=O) groups excluding carboxylic acids is 2. The molecule has 1 saturated heterocycles. The summed E-state index contributed by atoms with van der Waals surface area (Å²) < 4.78 is 27.7. The molecule has 0 aliphatic carbocycles. The van der Waals surface area contributed by atoms with Gasteiger partial charge in [-0.25, -0.2) is 13.4 Å². The quantitative estimate of drug-likeness (QED) is 0.797. The Kier molecular flexibility index (Phi) is 5.59. The van der Waals surface area contributed by atoms with Gasteiger partial charge in [-0.1, -0.05) is 11.6 Å². The third kappa shape index (κ3) is 5.47. The van der Waals surface area contributed by atoms with Crippen LogP contribution in [0.3, 0.4) is 0 Å². The van der Waals surface area contributed by atoms with E-state index < -0.39 is 27.8 Å². The fourth-order valence-electron chi connectivity index (χ4n) is 2.25. The van der Waals surface area contributed by atoms with Crippen LogP contribution in [0.2, 0.25) is 5.02 Å². The largest absolute Gasteiger partial charge is 0.453 e. The zero-order chi connectivity index (χ0) is 17.0. The molecule has 126 valence electrons. The minimum Gasteiger partial charge on any atom is -0.453 e. The number of anilines is 1. The van der Waals surface area contributed by atoms with Crippen LogP contribution in [0.25, 0.3) is 0 Å². The van der Waals surface area contributed by atoms with Crippen molar-refractivity contribution in [3.63, 3.8) is 0 Å². The topological polar surface area (TPSA) is 102 Å². The lowest BCUT2D eigenvalue weighted by molar-refractivity contribution is -0.153. The van der Waals surface area contributed by atoms with Crippen molar-refractivity contribution in [2.24, 2.45) is 5.92 Å². The van der Waals surface area contributed by atoms with Gasteiger partial charge < -0.3 is 10.1 Å². The maximum atomic E-state index is 11.9. The van der Waals surface area contributed by atoms with Crippen LogP contribution in [0.5, 0.6) is 0 Å². The molecule has 1 aliphatic rings. The minimum atomic E-state index is -3.04. The average molecular weight is 361 g/mol. The van der Waals surface area contributed by atoms with Gasteiger partial charge in [0.05, 0.1) is 16.5 Å². The fraction of sp³-hybridized carbons (Fsp3) is 0.500. The number of halogens is 1. The number of sulfone groups is 1. The summed E-state index contributed by atoms with van der Waals surface area (Å²) in [7, 11) is -3.04. The summed E-state index contributed by atoms with van der Waals surface area (Å²) in [6.45, 7) is 1.44. The molecule has 9 heteroatoms. The van der Waals surface area contributed by atoms with Gasteiger partial charge >= 0.3 is 5.97 Å². The van der Waals surface area contributed by atoms with Gasteiger partial charge in [0.25, 0.3) is 5.91 Å². The second-order valence-corrected chi connectivity index (χ2v) is 8.12. The Bertz CT molecular complexity index is 690. The lowest BCUT2D eigenvalue weighted by atomic mass is 10.1. The third-order valence-electron chi connectivity index (χ3n) is 3.44. The third-order valence-corrected chi connectivity index (χ3v) is 5.50. The number of esters is 1. The van der Waals surface area contributed by atoms with Crippen LogP contribution >= 0.6 is 11.6 Å². The molecule has 1 fully saturated rings. The summed E-state index contributed by atoms with van der Waals surface area (Å²) in [5, 5.41) is 2.94. The molecule has 0 aromatic carbocycles. The van der Waals surface area contributed by atoms with Crippen molar-refractivity contribution in [1.29, 1.82) is 0 Å². The van der Waals surface area contributed by atoms with Crippen LogP contribution in [-0.4, -0.2) is 42.9 Å². The first kappa shape index (κ1) is 17.7. The summed E-state index contributed by atoms with van der Waals surface area (Å²) in [5.74, 6) is -0.948. The van der Waals surface area contributed by atoms with Crippen LogP contribution in [0.1, 0.15) is 19.8 Å². The van der Waals surface area contributed by atoms with Gasteiger partial charge in [0.15, 0.2) is 15.9 Å². The van der Waals surface area contributed by atoms with Crippen LogP contribution in [-0.2, 0) is 24.2 Å². The summed E-state index contributed by atoms with van der Waals surface area (Å²) in [5.41, 5.74) is 0. The molecular weight excluding hydrogens is 344 g/mol. The molecule has 0 spiro atoms. The second kappa shape index (κ2) is 7.27. The Labute approximate surface area is 139 Å². The standard InChI is InChI=1S/C14H17ClN2O5S/c1-9(14(19)17-12-3-2-11(15)7-16-12)22-13(18)6-10-4-5-23(20,21)8-10/h2-3,7,9-10H,4-6,8H2,1H3,(H,16,17,19)/t9-,10+/m0/s1. The van der Waals surface area contributed by atoms with Crippen molar-refractivity contribution in [1.82, 2.24) is 4.98 Å². The van der Waals surface area contributed by atoms with E-state index in [1.54, 1.807) is 6.07 Å². The van der Waals surface area contributed by atoms with Crippen molar-refractivity contribution in [2.75, 3.05) is 16.8 Å². The summed E-state index contributed by atoms with van der Waals surface area (Å²) >= 11 is 5.69. The van der Waals surface area contributed by atoms with E-state index in [4.69, 9.17) is 16.3 Å². The molecule has 2 rings (SSSR count). The number of nitrogens with zero attached hydrogens (tertiary/aromatic N) is 1. The zero-order valence-electron chi connectivity index (χ0n) is 12.5. The van der Waals surface area contributed by atoms with Crippen LogP contribution < -0.4 is 5.32 Å². The molecule has 2 heterocycles. The molecule has 1 aliphatic heterocycles. The van der Waals surface area contributed by atoms with E-state index in [2.05, 4.69) is 10.3 Å². The normalized spacial score (nSPS) is 20.7. The minimum absolute atomic E-state index is 0.00261. The van der Waals surface area contributed by atoms with Gasteiger partial charge in [-0.2, -0.15) is 0 Å². The highest BCUT2D eigenvalue weighted by molar-refractivity contribution is 7.91. The molecule has 0 bridgehead atoms. The molecule has 1 N–H and O–H groups in total. The van der Waals surface area contributed by atoms with E-state index in [1.807, 2.05) is 0 Å². The van der Waals surface area contributed by atoms with Gasteiger partial charge in [-0.05, 0) is 31.4 Å². The number of hydrogen-bond donors (Lipinski definition) is 1. The average Bonchev–Trinajstić information content (AvgIpc) is 2.80. The highest BCUT2D eigenvalue weighted by atomic mass is 35.5. The molecular formula is C14H17ClN2O5S. The Morgan fingerprint density at radius 1 is 1.48 bits per heavy atom. The summed E-state index contributed by atoms with van der Waals surface area (Å²) in [4.78, 5) is 27.6. The van der Waals surface area contributed by atoms with Crippen molar-refractivity contribution in [3.05, 3.63) is 23.4 Å². The predicted octanol–water partition coefficient (Wildman–Crippen LogP) is 1.43. The van der Waals surface area contributed by atoms with E-state index in [-0.39, 0.29) is 23.8 Å². The maximum absolute atomic E-state index is 11.9. The Hall–Kier alpha value is -1.67. The number of carbonyl (C=O) groups is 2. The van der Waals surface area contributed by atoms with Crippen molar-refractivity contribution in [2.45, 2.75) is 25.9 Å². The van der Waals surface area contributed by atoms with Gasteiger partial charge in [0, 0.05) is 12.6 Å². The number of amides is 1. The first-order valence-corrected chi connectivity index (χ1v) is 9.27. The van der Waals surface area contributed by atoms with Crippen molar-refractivity contribution < 1.29 is 22.7 Å². The summed E-state index contributed by atoms with van der Waals surface area (Å²) in [6, 6.07) is 3.10. The Morgan fingerprint density at radius 2 is 2.22 bits per heavy atom. The van der Waals surface area contributed by atoms with E-state index in [0.717, 1.165) is 0 Å². The zero-order valence-corrected chi connectivity index (χ0v) is 14.1. The van der Waals surface area contributed by atoms with Gasteiger partial charge in [-0.15, -0.1) is 0 Å². The van der Waals surface area contributed by atoms with Gasteiger partial charge in [0.1, 0.15) is 5.82 Å². The molecule has 1 aromatic heterocycles. The Morgan fingerprint density at radius 3 is 2.78 bits per heavy atom. The molecule has 2 atom stereocenters. The first-order valence-electron chi connectivity index (χ1n) is 7.07. The lowest BCUT2D eigenvalue weighted by Gasteiger charge is -2.14. The smallest absolute Gasteiger partial charge is 0.306 e. The van der Waals surface area contributed by atoms with E-state index >= 15 is 0 Å². The molecule has 0 radical (unpaired) electrons. The number of rotatable bonds is 5. The summed E-state index contributed by atoms with van der Waals surface area (Å²) in [6.07, 6.45) is 0.829. The molecule has 1 aromatic rings. The van der Waals surface area contributed by atoms with Crippen molar-refractivity contribution >= 4 is 39.1 Å². The Balaban J connectivity index is 1.81. The SMILES string of the molecule is C[C@H](OC(=O)C[C@H]1CCS(=O)(=O)C1)C(=O)Nc1ccc(Cl)cn1. The van der Waals surface area contributed by atoms with Crippen LogP contribution in [0.15, 0.2) is 18.3 Å². The van der Waals surface area contributed by atoms with Crippen LogP contribution in [0, 0.1) is 5.92 Å². The van der Waals surface area contributed by atoms with E-state index in [9.17, 15) is 18.0 Å². The highest BCUT2D eigenvalue weighted by Crippen LogP contribution is 2.22. The lowest BCUT2D eigenvalue weighted by Crippen LogP contribution is -2.30. The number of hydrogen-bond acceptors (Lipinski definition) is 6. The number of aromatic nitrogens is 1. The van der Waals surface area contributed by atoms with E-state index in [1.165, 1.54) is 19.2 Å². The monoisotopic (exact) mass is 360 g/mol. The molecule has 0 saturated carbocycles. The number of ether oxygens (including phenoxy) is 1. The molecule has 7 nitrogen and oxygen atoms in total. The molecule has 23 heavy (non-hydrogen) atoms. The fourth-order valence-corrected chi connectivity index (χ4v) is 4.22. The van der Waals surface area contributed by atoms with E-state index in [0.29, 0.717) is 17.3 Å². The second-order valence-electron chi connectivity index (χ2n) is 5.46. The van der Waals surface area contributed by atoms with Crippen LogP contribution in [0.4, 0.5) is 5.82 Å². The molecule has 1 amide bonds. The molecule has 0 unspecified atom stereocenters. The highest BCUT2D eigenvalue weighted by Gasteiger charge is 2.30. The van der Waals surface area contributed by atoms with Gasteiger partial charge in [0.2, 0.25) is 0 Å². The predicted molar refractivity (Wildman–Crippen MR) is 84.8 cm³/mol. The van der Waals surface area contributed by atoms with Crippen molar-refractivity contribution in [3.8, 4) is 0 Å². The van der Waals surface area contributed by atoms with Gasteiger partial charge in [-0.3, -0.25) is 9.59 Å². The first-order chi connectivity index (χ1) is 10.7. The number of pyridine rings is 1.